The van der Waals surface area contributed by atoms with Crippen LogP contribution in [0.3, 0.4) is 0 Å². The predicted octanol–water partition coefficient (Wildman–Crippen LogP) is 4.02. The van der Waals surface area contributed by atoms with Crippen molar-refractivity contribution < 1.29 is 14.3 Å². The molecular formula is C17H13ClO3. The highest BCUT2D eigenvalue weighted by Gasteiger charge is 2.06. The number of benzene rings is 2. The second kappa shape index (κ2) is 6.86. The van der Waals surface area contributed by atoms with E-state index >= 15 is 0 Å². The SMILES string of the molecule is COC(=O)c1ccc(C=CC(=O)c2ccccc2Cl)cc1. The van der Waals surface area contributed by atoms with Gasteiger partial charge in [-0.3, -0.25) is 4.79 Å². The number of carbonyl (C=O) groups excluding carboxylic acids is 2. The van der Waals surface area contributed by atoms with Crippen molar-refractivity contribution in [1.29, 1.82) is 0 Å². The van der Waals surface area contributed by atoms with Crippen molar-refractivity contribution in [1.82, 2.24) is 0 Å². The Hall–Kier alpha value is -2.39. The molecule has 0 radical (unpaired) electrons. The first-order valence-electron chi connectivity index (χ1n) is 6.27. The highest BCUT2D eigenvalue weighted by atomic mass is 35.5. The van der Waals surface area contributed by atoms with Crippen molar-refractivity contribution >= 4 is 29.4 Å². The van der Waals surface area contributed by atoms with Crippen molar-refractivity contribution in [2.75, 3.05) is 7.11 Å². The van der Waals surface area contributed by atoms with Crippen LogP contribution in [0.5, 0.6) is 0 Å². The fourth-order valence-corrected chi connectivity index (χ4v) is 2.00. The van der Waals surface area contributed by atoms with Crippen LogP contribution in [0.1, 0.15) is 26.3 Å². The minimum Gasteiger partial charge on any atom is -0.465 e. The van der Waals surface area contributed by atoms with Gasteiger partial charge in [-0.25, -0.2) is 4.79 Å². The number of carbonyl (C=O) groups is 2. The molecule has 21 heavy (non-hydrogen) atoms. The summed E-state index contributed by atoms with van der Waals surface area (Å²) in [5.74, 6) is -0.560. The van der Waals surface area contributed by atoms with Crippen LogP contribution in [0.25, 0.3) is 6.08 Å². The topological polar surface area (TPSA) is 43.4 Å². The van der Waals surface area contributed by atoms with E-state index in [2.05, 4.69) is 4.74 Å². The van der Waals surface area contributed by atoms with E-state index in [1.54, 1.807) is 54.6 Å². The Balaban J connectivity index is 2.13. The first-order valence-corrected chi connectivity index (χ1v) is 6.65. The molecule has 0 fully saturated rings. The summed E-state index contributed by atoms with van der Waals surface area (Å²) in [4.78, 5) is 23.3. The van der Waals surface area contributed by atoms with Crippen molar-refractivity contribution in [3.63, 3.8) is 0 Å². The molecule has 0 heterocycles. The molecule has 2 rings (SSSR count). The van der Waals surface area contributed by atoms with Crippen LogP contribution >= 0.6 is 11.6 Å². The molecule has 0 amide bonds. The maximum absolute atomic E-state index is 12.0. The zero-order chi connectivity index (χ0) is 15.2. The molecule has 0 saturated heterocycles. The number of ketones is 1. The van der Waals surface area contributed by atoms with Crippen LogP contribution in [0.2, 0.25) is 5.02 Å². The summed E-state index contributed by atoms with van der Waals surface area (Å²) >= 11 is 5.97. The minimum absolute atomic E-state index is 0.169. The molecule has 0 unspecified atom stereocenters. The van der Waals surface area contributed by atoms with E-state index in [1.165, 1.54) is 13.2 Å². The Morgan fingerprint density at radius 2 is 1.71 bits per heavy atom. The fourth-order valence-electron chi connectivity index (χ4n) is 1.77. The predicted molar refractivity (Wildman–Crippen MR) is 82.6 cm³/mol. The molecule has 0 N–H and O–H groups in total. The maximum atomic E-state index is 12.0. The number of hydrogen-bond donors (Lipinski definition) is 0. The number of rotatable bonds is 4. The van der Waals surface area contributed by atoms with Gasteiger partial charge in [0.05, 0.1) is 17.7 Å². The summed E-state index contributed by atoms with van der Waals surface area (Å²) in [7, 11) is 1.33. The van der Waals surface area contributed by atoms with Gasteiger partial charge in [-0.15, -0.1) is 0 Å². The molecule has 0 aromatic heterocycles. The van der Waals surface area contributed by atoms with Crippen molar-refractivity contribution in [2.45, 2.75) is 0 Å². The normalized spacial score (nSPS) is 10.6. The lowest BCUT2D eigenvalue weighted by Gasteiger charge is -2.00. The molecule has 0 aliphatic heterocycles. The average molecular weight is 301 g/mol. The first-order chi connectivity index (χ1) is 10.1. The largest absolute Gasteiger partial charge is 0.465 e. The zero-order valence-corrected chi connectivity index (χ0v) is 12.1. The van der Waals surface area contributed by atoms with E-state index in [4.69, 9.17) is 11.6 Å². The quantitative estimate of drug-likeness (QED) is 0.486. The molecule has 106 valence electrons. The second-order valence-electron chi connectivity index (χ2n) is 4.29. The van der Waals surface area contributed by atoms with Crippen molar-refractivity contribution in [3.8, 4) is 0 Å². The van der Waals surface area contributed by atoms with Gasteiger partial charge in [-0.05, 0) is 35.9 Å². The van der Waals surface area contributed by atoms with Crippen LogP contribution in [0, 0.1) is 0 Å². The molecule has 0 aliphatic rings. The molecular weight excluding hydrogens is 288 g/mol. The summed E-state index contributed by atoms with van der Waals surface area (Å²) < 4.78 is 4.62. The number of allylic oxidation sites excluding steroid dienone is 1. The van der Waals surface area contributed by atoms with Gasteiger partial charge in [0.25, 0.3) is 0 Å². The minimum atomic E-state index is -0.391. The van der Waals surface area contributed by atoms with E-state index < -0.39 is 5.97 Å². The Bertz CT molecular complexity index is 687. The number of halogens is 1. The van der Waals surface area contributed by atoms with Crippen LogP contribution in [0.15, 0.2) is 54.6 Å². The highest BCUT2D eigenvalue weighted by Crippen LogP contribution is 2.16. The van der Waals surface area contributed by atoms with Gasteiger partial charge in [0.2, 0.25) is 0 Å². The van der Waals surface area contributed by atoms with Gasteiger partial charge in [0, 0.05) is 5.56 Å². The Morgan fingerprint density at radius 3 is 2.33 bits per heavy atom. The van der Waals surface area contributed by atoms with E-state index in [1.807, 2.05) is 0 Å². The van der Waals surface area contributed by atoms with Gasteiger partial charge in [-0.2, -0.15) is 0 Å². The average Bonchev–Trinajstić information content (AvgIpc) is 2.52. The summed E-state index contributed by atoms with van der Waals surface area (Å²) in [5.41, 5.74) is 1.73. The van der Waals surface area contributed by atoms with Crippen LogP contribution in [0.4, 0.5) is 0 Å². The molecule has 0 atom stereocenters. The van der Waals surface area contributed by atoms with E-state index in [0.29, 0.717) is 16.1 Å². The van der Waals surface area contributed by atoms with Crippen LogP contribution in [-0.2, 0) is 4.74 Å². The molecule has 3 nitrogen and oxygen atoms in total. The molecule has 0 spiro atoms. The van der Waals surface area contributed by atoms with Gasteiger partial charge < -0.3 is 4.74 Å². The lowest BCUT2D eigenvalue weighted by Crippen LogP contribution is -2.00. The highest BCUT2D eigenvalue weighted by molar-refractivity contribution is 6.34. The number of methoxy groups -OCH3 is 1. The molecule has 0 aliphatic carbocycles. The van der Waals surface area contributed by atoms with Gasteiger partial charge in [0.1, 0.15) is 0 Å². The van der Waals surface area contributed by atoms with E-state index in [0.717, 1.165) is 5.56 Å². The number of esters is 1. The van der Waals surface area contributed by atoms with Gasteiger partial charge >= 0.3 is 5.97 Å². The van der Waals surface area contributed by atoms with Crippen LogP contribution < -0.4 is 0 Å². The second-order valence-corrected chi connectivity index (χ2v) is 4.70. The smallest absolute Gasteiger partial charge is 0.337 e. The number of hydrogen-bond acceptors (Lipinski definition) is 3. The Kier molecular flexibility index (Phi) is 4.90. The first kappa shape index (κ1) is 15.0. The molecule has 2 aromatic carbocycles. The molecule has 2 aromatic rings. The lowest BCUT2D eigenvalue weighted by molar-refractivity contribution is 0.0600. The van der Waals surface area contributed by atoms with Gasteiger partial charge in [-0.1, -0.05) is 41.9 Å². The molecule has 4 heteroatoms. The third-order valence-corrected chi connectivity index (χ3v) is 3.23. The molecule has 0 bridgehead atoms. The van der Waals surface area contributed by atoms with Crippen LogP contribution in [-0.4, -0.2) is 18.9 Å². The number of ether oxygens (including phenoxy) is 1. The lowest BCUT2D eigenvalue weighted by atomic mass is 10.1. The van der Waals surface area contributed by atoms with E-state index in [-0.39, 0.29) is 5.78 Å². The summed E-state index contributed by atoms with van der Waals surface area (Å²) in [5, 5.41) is 0.424. The molecule has 0 saturated carbocycles. The summed E-state index contributed by atoms with van der Waals surface area (Å²) in [6.07, 6.45) is 3.13. The zero-order valence-electron chi connectivity index (χ0n) is 11.4. The van der Waals surface area contributed by atoms with Crippen molar-refractivity contribution in [3.05, 3.63) is 76.3 Å². The monoisotopic (exact) mass is 300 g/mol. The van der Waals surface area contributed by atoms with Gasteiger partial charge in [0.15, 0.2) is 5.78 Å². The Labute approximate surface area is 127 Å². The fraction of sp³-hybridized carbons (Fsp3) is 0.0588. The summed E-state index contributed by atoms with van der Waals surface area (Å²) in [6.45, 7) is 0. The van der Waals surface area contributed by atoms with E-state index in [9.17, 15) is 9.59 Å². The third-order valence-electron chi connectivity index (χ3n) is 2.90. The standard InChI is InChI=1S/C17H13ClO3/c1-21-17(20)13-9-6-12(7-10-13)8-11-16(19)14-4-2-3-5-15(14)18/h2-11H,1H3. The summed E-state index contributed by atoms with van der Waals surface area (Å²) in [6, 6.07) is 13.7. The third kappa shape index (κ3) is 3.80. The van der Waals surface area contributed by atoms with Crippen molar-refractivity contribution in [2.24, 2.45) is 0 Å². The Morgan fingerprint density at radius 1 is 1.05 bits per heavy atom. The maximum Gasteiger partial charge on any atom is 0.337 e.